The second kappa shape index (κ2) is 5.16. The molecule has 0 radical (unpaired) electrons. The smallest absolute Gasteiger partial charge is 0.433 e. The lowest BCUT2D eigenvalue weighted by molar-refractivity contribution is -0.141. The van der Waals surface area contributed by atoms with E-state index in [0.29, 0.717) is 4.47 Å². The molecule has 2 aromatic heterocycles. The third-order valence-corrected chi connectivity index (χ3v) is 2.86. The van der Waals surface area contributed by atoms with E-state index in [9.17, 15) is 13.2 Å². The van der Waals surface area contributed by atoms with Gasteiger partial charge in [-0.1, -0.05) is 0 Å². The van der Waals surface area contributed by atoms with E-state index in [1.54, 1.807) is 12.1 Å². The second-order valence-electron chi connectivity index (χ2n) is 3.73. The number of hydrogen-bond acceptors (Lipinski definition) is 3. The number of nitrogens with zero attached hydrogens (tertiary/aromatic N) is 2. The predicted molar refractivity (Wildman–Crippen MR) is 66.0 cm³/mol. The maximum absolute atomic E-state index is 12.5. The van der Waals surface area contributed by atoms with Gasteiger partial charge in [-0.3, -0.25) is 0 Å². The molecule has 0 saturated heterocycles. The lowest BCUT2D eigenvalue weighted by atomic mass is 10.2. The largest absolute Gasteiger partial charge is 0.436 e. The maximum atomic E-state index is 12.5. The van der Waals surface area contributed by atoms with Crippen LogP contribution in [0.2, 0.25) is 0 Å². The number of rotatable bonds is 2. The average Bonchev–Trinajstić information content (AvgIpc) is 2.30. The molecule has 0 unspecified atom stereocenters. The Bertz CT molecular complexity index is 602. The van der Waals surface area contributed by atoms with Crippen molar-refractivity contribution in [1.82, 2.24) is 9.97 Å². The zero-order valence-electron chi connectivity index (χ0n) is 9.70. The Morgan fingerprint density at radius 1 is 1.26 bits per heavy atom. The Morgan fingerprint density at radius 2 is 2.00 bits per heavy atom. The minimum Gasteiger partial charge on any atom is -0.436 e. The van der Waals surface area contributed by atoms with Crippen molar-refractivity contribution in [1.29, 1.82) is 0 Å². The molecule has 19 heavy (non-hydrogen) atoms. The van der Waals surface area contributed by atoms with E-state index in [4.69, 9.17) is 4.74 Å². The first-order valence-corrected chi connectivity index (χ1v) is 5.99. The molecule has 0 aliphatic heterocycles. The van der Waals surface area contributed by atoms with Crippen LogP contribution in [0.1, 0.15) is 11.3 Å². The molecule has 0 aliphatic carbocycles. The third kappa shape index (κ3) is 3.23. The highest BCUT2D eigenvalue weighted by Gasteiger charge is 2.34. The summed E-state index contributed by atoms with van der Waals surface area (Å²) in [5, 5.41) is 0. The molecule has 2 aromatic rings. The lowest BCUT2D eigenvalue weighted by Crippen LogP contribution is -2.10. The topological polar surface area (TPSA) is 35.0 Å². The number of alkyl halides is 3. The monoisotopic (exact) mass is 332 g/mol. The van der Waals surface area contributed by atoms with Crippen LogP contribution in [0.15, 0.2) is 35.1 Å². The number of hydrogen-bond donors (Lipinski definition) is 0. The molecule has 0 bridgehead atoms. The van der Waals surface area contributed by atoms with Gasteiger partial charge in [0.1, 0.15) is 11.4 Å². The van der Waals surface area contributed by atoms with Gasteiger partial charge in [-0.25, -0.2) is 9.97 Å². The maximum Gasteiger partial charge on any atom is 0.433 e. The summed E-state index contributed by atoms with van der Waals surface area (Å²) in [4.78, 5) is 7.34. The van der Waals surface area contributed by atoms with Crippen LogP contribution in [0.25, 0.3) is 0 Å². The number of halogens is 4. The van der Waals surface area contributed by atoms with Crippen LogP contribution in [0, 0.1) is 6.92 Å². The van der Waals surface area contributed by atoms with Gasteiger partial charge in [0, 0.05) is 6.20 Å². The summed E-state index contributed by atoms with van der Waals surface area (Å²) in [5.41, 5.74) is -0.919. The van der Waals surface area contributed by atoms with E-state index in [0.717, 1.165) is 6.20 Å². The van der Waals surface area contributed by atoms with Gasteiger partial charge < -0.3 is 4.74 Å². The Balaban J connectivity index is 2.29. The van der Waals surface area contributed by atoms with Crippen molar-refractivity contribution in [3.8, 4) is 11.6 Å². The molecular formula is C12H8BrF3N2O. The van der Waals surface area contributed by atoms with E-state index < -0.39 is 11.9 Å². The second-order valence-corrected chi connectivity index (χ2v) is 4.58. The first kappa shape index (κ1) is 13.8. The number of pyridine rings is 2. The molecule has 0 aliphatic rings. The van der Waals surface area contributed by atoms with E-state index in [1.165, 1.54) is 19.2 Å². The molecule has 0 aromatic carbocycles. The van der Waals surface area contributed by atoms with Gasteiger partial charge in [-0.15, -0.1) is 0 Å². The van der Waals surface area contributed by atoms with Crippen molar-refractivity contribution in [3.05, 3.63) is 46.3 Å². The zero-order chi connectivity index (χ0) is 14.0. The van der Waals surface area contributed by atoms with E-state index in [-0.39, 0.29) is 17.2 Å². The van der Waals surface area contributed by atoms with Gasteiger partial charge in [-0.05, 0) is 46.6 Å². The third-order valence-electron chi connectivity index (χ3n) is 2.26. The van der Waals surface area contributed by atoms with Gasteiger partial charge in [0.05, 0.1) is 10.7 Å². The first-order chi connectivity index (χ1) is 8.88. The van der Waals surface area contributed by atoms with Gasteiger partial charge in [0.2, 0.25) is 5.88 Å². The van der Waals surface area contributed by atoms with Crippen molar-refractivity contribution >= 4 is 15.9 Å². The van der Waals surface area contributed by atoms with Crippen molar-refractivity contribution < 1.29 is 17.9 Å². The number of ether oxygens (including phenoxy) is 1. The molecule has 2 heterocycles. The fraction of sp³-hybridized carbons (Fsp3) is 0.167. The summed E-state index contributed by atoms with van der Waals surface area (Å²) in [6.45, 7) is 1.33. The Hall–Kier alpha value is -1.63. The number of aryl methyl sites for hydroxylation is 1. The van der Waals surface area contributed by atoms with Gasteiger partial charge in [-0.2, -0.15) is 13.2 Å². The minimum absolute atomic E-state index is 0.00273. The Labute approximate surface area is 115 Å². The summed E-state index contributed by atoms with van der Waals surface area (Å²) >= 11 is 3.23. The van der Waals surface area contributed by atoms with Crippen LogP contribution < -0.4 is 4.74 Å². The molecule has 0 N–H and O–H groups in total. The minimum atomic E-state index is -4.46. The van der Waals surface area contributed by atoms with E-state index >= 15 is 0 Å². The molecule has 7 heteroatoms. The van der Waals surface area contributed by atoms with Crippen LogP contribution in [-0.4, -0.2) is 9.97 Å². The summed E-state index contributed by atoms with van der Waals surface area (Å²) in [7, 11) is 0. The van der Waals surface area contributed by atoms with Crippen LogP contribution in [0.3, 0.4) is 0 Å². The van der Waals surface area contributed by atoms with Gasteiger partial charge >= 0.3 is 6.18 Å². The normalized spacial score (nSPS) is 11.4. The van der Waals surface area contributed by atoms with Crippen molar-refractivity contribution in [2.75, 3.05) is 0 Å². The summed E-state index contributed by atoms with van der Waals surface area (Å²) < 4.78 is 43.6. The van der Waals surface area contributed by atoms with Gasteiger partial charge in [0.15, 0.2) is 0 Å². The van der Waals surface area contributed by atoms with Crippen molar-refractivity contribution in [3.63, 3.8) is 0 Å². The van der Waals surface area contributed by atoms with Crippen LogP contribution in [0.5, 0.6) is 11.6 Å². The highest BCUT2D eigenvalue weighted by Crippen LogP contribution is 2.33. The molecule has 0 fully saturated rings. The fourth-order valence-corrected chi connectivity index (χ4v) is 1.80. The van der Waals surface area contributed by atoms with E-state index in [2.05, 4.69) is 25.9 Å². The first-order valence-electron chi connectivity index (χ1n) is 5.20. The van der Waals surface area contributed by atoms with Crippen LogP contribution in [-0.2, 0) is 6.18 Å². The summed E-state index contributed by atoms with van der Waals surface area (Å²) in [6, 6.07) is 4.69. The lowest BCUT2D eigenvalue weighted by Gasteiger charge is -2.11. The van der Waals surface area contributed by atoms with Crippen LogP contribution >= 0.6 is 15.9 Å². The zero-order valence-corrected chi connectivity index (χ0v) is 11.3. The SMILES string of the molecule is Cc1cc(Oc2ncccc2Br)cnc1C(F)(F)F. The molecule has 0 saturated carbocycles. The number of aromatic nitrogens is 2. The molecule has 3 nitrogen and oxygen atoms in total. The summed E-state index contributed by atoms with van der Waals surface area (Å²) in [5.74, 6) is 0.466. The molecule has 0 spiro atoms. The molecule has 100 valence electrons. The Morgan fingerprint density at radius 3 is 2.58 bits per heavy atom. The van der Waals surface area contributed by atoms with Crippen molar-refractivity contribution in [2.45, 2.75) is 13.1 Å². The van der Waals surface area contributed by atoms with Crippen LogP contribution in [0.4, 0.5) is 13.2 Å². The fourth-order valence-electron chi connectivity index (χ4n) is 1.46. The average molecular weight is 333 g/mol. The Kier molecular flexibility index (Phi) is 3.75. The van der Waals surface area contributed by atoms with Crippen molar-refractivity contribution in [2.24, 2.45) is 0 Å². The molecular weight excluding hydrogens is 325 g/mol. The molecule has 0 amide bonds. The van der Waals surface area contributed by atoms with Gasteiger partial charge in [0.25, 0.3) is 0 Å². The molecule has 2 rings (SSSR count). The highest BCUT2D eigenvalue weighted by molar-refractivity contribution is 9.10. The highest BCUT2D eigenvalue weighted by atomic mass is 79.9. The standard InChI is InChI=1S/C12H8BrF3N2O/c1-7-5-8(6-18-10(7)12(14,15)16)19-11-9(13)3-2-4-17-11/h2-6H,1H3. The predicted octanol–water partition coefficient (Wildman–Crippen LogP) is 4.36. The molecule has 0 atom stereocenters. The summed E-state index contributed by atoms with van der Waals surface area (Å²) in [6.07, 6.45) is -1.92. The quantitative estimate of drug-likeness (QED) is 0.819. The van der Waals surface area contributed by atoms with E-state index in [1.807, 2.05) is 0 Å².